The van der Waals surface area contributed by atoms with Crippen LogP contribution >= 0.6 is 11.6 Å². The molecule has 1 atom stereocenters. The molecule has 1 aliphatic rings. The number of nitrogens with zero attached hydrogens (tertiary/aromatic N) is 2. The van der Waals surface area contributed by atoms with Crippen LogP contribution in [0.25, 0.3) is 0 Å². The van der Waals surface area contributed by atoms with Gasteiger partial charge in [0.25, 0.3) is 0 Å². The third kappa shape index (κ3) is 3.12. The van der Waals surface area contributed by atoms with Gasteiger partial charge in [-0.05, 0) is 63.5 Å². The van der Waals surface area contributed by atoms with E-state index in [4.69, 9.17) is 22.1 Å². The second-order valence-corrected chi connectivity index (χ2v) is 6.42. The molecule has 1 aromatic heterocycles. The van der Waals surface area contributed by atoms with E-state index in [9.17, 15) is 4.79 Å². The van der Waals surface area contributed by atoms with Crippen molar-refractivity contribution < 1.29 is 9.53 Å². The fourth-order valence-electron chi connectivity index (χ4n) is 3.20. The van der Waals surface area contributed by atoms with Crippen LogP contribution < -0.4 is 5.73 Å². The highest BCUT2D eigenvalue weighted by molar-refractivity contribution is 6.30. The van der Waals surface area contributed by atoms with Crippen LogP contribution in [-0.2, 0) is 21.5 Å². The molecule has 0 fully saturated rings. The molecule has 2 N–H and O–H groups in total. The minimum absolute atomic E-state index is 0.245. The lowest BCUT2D eigenvalue weighted by atomic mass is 9.75. The molecule has 0 spiro atoms. The van der Waals surface area contributed by atoms with Gasteiger partial charge in [0.2, 0.25) is 0 Å². The smallest absolute Gasteiger partial charge is 0.317 e. The number of hydrogen-bond donors (Lipinski definition) is 1. The molecule has 0 amide bonds. The topological polar surface area (TPSA) is 68.5 Å². The molecule has 6 heteroatoms. The third-order valence-corrected chi connectivity index (χ3v) is 4.81. The summed E-state index contributed by atoms with van der Waals surface area (Å²) in [5.41, 5.74) is 7.65. The van der Waals surface area contributed by atoms with E-state index in [0.717, 1.165) is 36.3 Å². The van der Waals surface area contributed by atoms with Crippen molar-refractivity contribution in [3.05, 3.63) is 28.0 Å². The maximum Gasteiger partial charge on any atom is 0.317 e. The predicted molar refractivity (Wildman–Crippen MR) is 86.9 cm³/mol. The summed E-state index contributed by atoms with van der Waals surface area (Å²) in [5.74, 6) is -0.245. The predicted octanol–water partition coefficient (Wildman–Crippen LogP) is 2.03. The molecule has 1 aromatic rings. The summed E-state index contributed by atoms with van der Waals surface area (Å²) in [6.07, 6.45) is 2.03. The lowest BCUT2D eigenvalue weighted by Gasteiger charge is -2.30. The van der Waals surface area contributed by atoms with Gasteiger partial charge in [0.15, 0.2) is 0 Å². The molecule has 0 radical (unpaired) electrons. The molecule has 2 rings (SSSR count). The number of ether oxygens (including phenoxy) is 1. The van der Waals surface area contributed by atoms with Gasteiger partial charge in [0.1, 0.15) is 10.6 Å². The number of nitrogens with two attached hydrogens (primary N) is 1. The highest BCUT2D eigenvalue weighted by Crippen LogP contribution is 2.39. The van der Waals surface area contributed by atoms with Crippen molar-refractivity contribution in [2.75, 3.05) is 27.2 Å². The largest absolute Gasteiger partial charge is 0.468 e. The van der Waals surface area contributed by atoms with E-state index in [1.165, 1.54) is 7.11 Å². The number of fused-ring (bicyclic) bond motifs is 1. The van der Waals surface area contributed by atoms with Crippen molar-refractivity contribution in [2.24, 2.45) is 5.73 Å². The van der Waals surface area contributed by atoms with E-state index in [1.807, 2.05) is 20.0 Å². The molecule has 5 nitrogen and oxygen atoms in total. The monoisotopic (exact) mass is 325 g/mol. The fourth-order valence-corrected chi connectivity index (χ4v) is 3.33. The van der Waals surface area contributed by atoms with Crippen LogP contribution in [0, 0.1) is 6.92 Å². The Morgan fingerprint density at radius 2 is 2.32 bits per heavy atom. The molecule has 22 heavy (non-hydrogen) atoms. The quantitative estimate of drug-likeness (QED) is 0.677. The Balaban J connectivity index is 2.62. The van der Waals surface area contributed by atoms with Gasteiger partial charge >= 0.3 is 5.97 Å². The normalized spacial score (nSPS) is 22.0. The molecular formula is C16H24ClN3O2. The summed E-state index contributed by atoms with van der Waals surface area (Å²) in [4.78, 5) is 19.4. The summed E-state index contributed by atoms with van der Waals surface area (Å²) in [6, 6.07) is 2.03. The van der Waals surface area contributed by atoms with Crippen molar-refractivity contribution >= 4 is 17.6 Å². The number of carbonyl (C=O) groups is 1. The first-order chi connectivity index (χ1) is 10.4. The zero-order chi connectivity index (χ0) is 16.3. The van der Waals surface area contributed by atoms with Gasteiger partial charge in [-0.3, -0.25) is 4.79 Å². The molecular weight excluding hydrogens is 302 g/mol. The van der Waals surface area contributed by atoms with Crippen LogP contribution in [-0.4, -0.2) is 43.1 Å². The molecule has 2 heterocycles. The van der Waals surface area contributed by atoms with E-state index in [-0.39, 0.29) is 5.97 Å². The second kappa shape index (κ2) is 6.94. The Labute approximate surface area is 136 Å². The second-order valence-electron chi connectivity index (χ2n) is 6.06. The minimum atomic E-state index is -0.758. The molecule has 0 aliphatic carbocycles. The summed E-state index contributed by atoms with van der Waals surface area (Å²) < 4.78 is 5.13. The lowest BCUT2D eigenvalue weighted by Crippen LogP contribution is -2.40. The Kier molecular flexibility index (Phi) is 5.42. The Morgan fingerprint density at radius 1 is 1.59 bits per heavy atom. The molecule has 0 bridgehead atoms. The molecule has 0 saturated carbocycles. The highest BCUT2D eigenvalue weighted by Gasteiger charge is 2.45. The first-order valence-corrected chi connectivity index (χ1v) is 7.96. The van der Waals surface area contributed by atoms with E-state index in [2.05, 4.69) is 9.88 Å². The Bertz CT molecular complexity index is 565. The van der Waals surface area contributed by atoms with Gasteiger partial charge in [-0.15, -0.1) is 0 Å². The SMILES string of the molecule is COC(=O)C1(CCCN)CCN(C)Cc2cc(C)c(Cl)nc21. The number of carbonyl (C=O) groups excluding carboxylic acids is 1. The van der Waals surface area contributed by atoms with Crippen LogP contribution in [0.15, 0.2) is 6.07 Å². The van der Waals surface area contributed by atoms with Crippen LogP contribution in [0.2, 0.25) is 5.15 Å². The number of halogens is 1. The van der Waals surface area contributed by atoms with E-state index < -0.39 is 5.41 Å². The van der Waals surface area contributed by atoms with Crippen molar-refractivity contribution in [1.82, 2.24) is 9.88 Å². The first kappa shape index (κ1) is 17.2. The van der Waals surface area contributed by atoms with Crippen molar-refractivity contribution in [3.8, 4) is 0 Å². The number of esters is 1. The summed E-state index contributed by atoms with van der Waals surface area (Å²) >= 11 is 6.24. The number of aryl methyl sites for hydroxylation is 1. The van der Waals surface area contributed by atoms with E-state index in [0.29, 0.717) is 24.5 Å². The molecule has 122 valence electrons. The average molecular weight is 326 g/mol. The zero-order valence-corrected chi connectivity index (χ0v) is 14.2. The molecule has 1 unspecified atom stereocenters. The summed E-state index contributed by atoms with van der Waals surface area (Å²) in [5, 5.41) is 0.448. The van der Waals surface area contributed by atoms with Crippen LogP contribution in [0.5, 0.6) is 0 Å². The van der Waals surface area contributed by atoms with Crippen LogP contribution in [0.3, 0.4) is 0 Å². The Morgan fingerprint density at radius 3 is 2.95 bits per heavy atom. The van der Waals surface area contributed by atoms with Gasteiger partial charge in [-0.2, -0.15) is 0 Å². The number of rotatable bonds is 4. The lowest BCUT2D eigenvalue weighted by molar-refractivity contribution is -0.148. The van der Waals surface area contributed by atoms with Gasteiger partial charge in [0, 0.05) is 6.54 Å². The maximum atomic E-state index is 12.6. The first-order valence-electron chi connectivity index (χ1n) is 7.58. The highest BCUT2D eigenvalue weighted by atomic mass is 35.5. The van der Waals surface area contributed by atoms with E-state index >= 15 is 0 Å². The summed E-state index contributed by atoms with van der Waals surface area (Å²) in [6.45, 7) is 4.01. The third-order valence-electron chi connectivity index (χ3n) is 4.43. The average Bonchev–Trinajstić information content (AvgIpc) is 2.63. The summed E-state index contributed by atoms with van der Waals surface area (Å²) in [7, 11) is 3.47. The molecule has 0 aromatic carbocycles. The van der Waals surface area contributed by atoms with Gasteiger partial charge in [-0.25, -0.2) is 4.98 Å². The minimum Gasteiger partial charge on any atom is -0.468 e. The van der Waals surface area contributed by atoms with Crippen LogP contribution in [0.4, 0.5) is 0 Å². The van der Waals surface area contributed by atoms with Crippen molar-refractivity contribution in [2.45, 2.75) is 38.1 Å². The van der Waals surface area contributed by atoms with Crippen molar-refractivity contribution in [3.63, 3.8) is 0 Å². The number of aromatic nitrogens is 1. The molecule has 0 saturated heterocycles. The zero-order valence-electron chi connectivity index (χ0n) is 13.5. The van der Waals surface area contributed by atoms with E-state index in [1.54, 1.807) is 0 Å². The number of methoxy groups -OCH3 is 1. The number of hydrogen-bond acceptors (Lipinski definition) is 5. The van der Waals surface area contributed by atoms with Crippen molar-refractivity contribution in [1.29, 1.82) is 0 Å². The molecule has 1 aliphatic heterocycles. The van der Waals surface area contributed by atoms with Crippen LogP contribution in [0.1, 0.15) is 36.1 Å². The van der Waals surface area contributed by atoms with Gasteiger partial charge < -0.3 is 15.4 Å². The van der Waals surface area contributed by atoms with Gasteiger partial charge in [0.05, 0.1) is 12.8 Å². The van der Waals surface area contributed by atoms with Gasteiger partial charge in [-0.1, -0.05) is 11.6 Å². The fraction of sp³-hybridized carbons (Fsp3) is 0.625. The Hall–Kier alpha value is -1.17. The maximum absolute atomic E-state index is 12.6. The standard InChI is InChI=1S/C16H24ClN3O2/c1-11-9-12-10-20(2)8-6-16(5-4-7-18,15(21)22-3)13(12)19-14(11)17/h9H,4-8,10,18H2,1-3H3. The number of pyridine rings is 1.